The fraction of sp³-hybridized carbons (Fsp3) is 0.357. The fourth-order valence-corrected chi connectivity index (χ4v) is 6.48. The van der Waals surface area contributed by atoms with Gasteiger partial charge in [-0.1, -0.05) is 13.0 Å². The SMILES string of the molecule is C[C@@H]1CN([C@@H](C)CO)C(=O)c2cc(NS(=O)(=O)c3cccs3)ccc2O[C@H]1CN(C)C(=O)Nc1ccc(C(F)(F)F)cc1. The molecule has 10 nitrogen and oxygen atoms in total. The van der Waals surface area contributed by atoms with Crippen molar-refractivity contribution in [3.63, 3.8) is 0 Å². The van der Waals surface area contributed by atoms with Gasteiger partial charge in [0.05, 0.1) is 30.3 Å². The number of carbonyl (C=O) groups excluding carboxylic acids is 2. The summed E-state index contributed by atoms with van der Waals surface area (Å²) in [7, 11) is -2.39. The predicted molar refractivity (Wildman–Crippen MR) is 156 cm³/mol. The number of hydrogen-bond donors (Lipinski definition) is 3. The molecule has 0 spiro atoms. The highest BCUT2D eigenvalue weighted by atomic mass is 32.2. The maximum Gasteiger partial charge on any atom is 0.416 e. The third kappa shape index (κ3) is 7.58. The molecule has 1 aliphatic heterocycles. The first kappa shape index (κ1) is 32.1. The minimum Gasteiger partial charge on any atom is -0.487 e. The zero-order valence-corrected chi connectivity index (χ0v) is 25.1. The van der Waals surface area contributed by atoms with Gasteiger partial charge in [0.15, 0.2) is 0 Å². The molecule has 1 aliphatic rings. The number of nitrogens with one attached hydrogen (secondary N) is 2. The van der Waals surface area contributed by atoms with Crippen molar-refractivity contribution < 1.29 is 41.0 Å². The van der Waals surface area contributed by atoms with Crippen molar-refractivity contribution in [2.45, 2.75) is 36.4 Å². The van der Waals surface area contributed by atoms with E-state index in [2.05, 4.69) is 10.0 Å². The molecule has 0 saturated heterocycles. The van der Waals surface area contributed by atoms with Crippen LogP contribution in [0.1, 0.15) is 29.8 Å². The number of urea groups is 1. The van der Waals surface area contributed by atoms with Crippen molar-refractivity contribution in [2.24, 2.45) is 5.92 Å². The molecule has 15 heteroatoms. The average molecular weight is 641 g/mol. The maximum absolute atomic E-state index is 13.6. The summed E-state index contributed by atoms with van der Waals surface area (Å²) in [6.07, 6.45) is -5.16. The molecule has 3 aromatic rings. The third-order valence-electron chi connectivity index (χ3n) is 6.94. The van der Waals surface area contributed by atoms with Crippen LogP contribution in [0.5, 0.6) is 5.75 Å². The van der Waals surface area contributed by atoms with Crippen LogP contribution in [0.2, 0.25) is 0 Å². The Balaban J connectivity index is 1.57. The Morgan fingerprint density at radius 3 is 2.47 bits per heavy atom. The van der Waals surface area contributed by atoms with Gasteiger partial charge in [0.2, 0.25) is 0 Å². The van der Waals surface area contributed by atoms with E-state index in [-0.39, 0.29) is 52.5 Å². The lowest BCUT2D eigenvalue weighted by Crippen LogP contribution is -2.50. The van der Waals surface area contributed by atoms with Crippen LogP contribution in [0.3, 0.4) is 0 Å². The third-order valence-corrected chi connectivity index (χ3v) is 9.72. The first-order valence-corrected chi connectivity index (χ1v) is 15.5. The number of carbonyl (C=O) groups is 2. The molecule has 0 bridgehead atoms. The highest BCUT2D eigenvalue weighted by Crippen LogP contribution is 2.32. The number of hydrogen-bond acceptors (Lipinski definition) is 7. The molecule has 1 aromatic heterocycles. The van der Waals surface area contributed by atoms with E-state index in [4.69, 9.17) is 4.74 Å². The number of anilines is 2. The number of nitrogens with zero attached hydrogens (tertiary/aromatic N) is 2. The second kappa shape index (κ2) is 12.8. The number of rotatable bonds is 8. The van der Waals surface area contributed by atoms with E-state index in [1.807, 2.05) is 6.92 Å². The standard InChI is InChI=1S/C28H31F3N4O6S2/c1-17-14-35(18(2)16-36)26(37)22-13-21(33-43(39,40)25-5-4-12-42-25)10-11-23(22)41-24(17)15-34(3)27(38)32-20-8-6-19(7-9-20)28(29,30)31/h4-13,17-18,24,33,36H,14-16H2,1-3H3,(H,32,38)/t17-,18+,24+/m1/s1. The van der Waals surface area contributed by atoms with Crippen LogP contribution in [0.15, 0.2) is 64.2 Å². The van der Waals surface area contributed by atoms with E-state index in [9.17, 15) is 36.3 Å². The number of aliphatic hydroxyl groups excluding tert-OH is 1. The van der Waals surface area contributed by atoms with Gasteiger partial charge in [-0.2, -0.15) is 13.2 Å². The van der Waals surface area contributed by atoms with E-state index in [0.717, 1.165) is 35.6 Å². The van der Waals surface area contributed by atoms with Crippen molar-refractivity contribution in [1.29, 1.82) is 0 Å². The number of fused-ring (bicyclic) bond motifs is 1. The van der Waals surface area contributed by atoms with Gasteiger partial charge in [-0.25, -0.2) is 13.2 Å². The van der Waals surface area contributed by atoms with Gasteiger partial charge in [0, 0.05) is 30.9 Å². The molecule has 3 atom stereocenters. The summed E-state index contributed by atoms with van der Waals surface area (Å²) in [6, 6.07) is 10.2. The average Bonchev–Trinajstić information content (AvgIpc) is 3.51. The summed E-state index contributed by atoms with van der Waals surface area (Å²) in [5.74, 6) is -0.635. The largest absolute Gasteiger partial charge is 0.487 e. The minimum absolute atomic E-state index is 0.0371. The van der Waals surface area contributed by atoms with Gasteiger partial charge in [-0.05, 0) is 60.8 Å². The number of benzene rings is 2. The first-order chi connectivity index (χ1) is 20.2. The molecule has 2 heterocycles. The van der Waals surface area contributed by atoms with E-state index in [0.29, 0.717) is 0 Å². The Kier molecular flexibility index (Phi) is 9.57. The molecule has 0 radical (unpaired) electrons. The lowest BCUT2D eigenvalue weighted by Gasteiger charge is -2.38. The Hall–Kier alpha value is -3.82. The van der Waals surface area contributed by atoms with E-state index < -0.39 is 45.8 Å². The molecule has 3 N–H and O–H groups in total. The van der Waals surface area contributed by atoms with Crippen molar-refractivity contribution in [3.05, 3.63) is 71.1 Å². The van der Waals surface area contributed by atoms with Gasteiger partial charge in [0.1, 0.15) is 16.1 Å². The molecule has 43 heavy (non-hydrogen) atoms. The highest BCUT2D eigenvalue weighted by molar-refractivity contribution is 7.94. The number of ether oxygens (including phenoxy) is 1. The number of likely N-dealkylation sites (N-methyl/N-ethyl adjacent to an activating group) is 1. The monoisotopic (exact) mass is 640 g/mol. The first-order valence-electron chi connectivity index (χ1n) is 13.2. The zero-order valence-electron chi connectivity index (χ0n) is 23.5. The van der Waals surface area contributed by atoms with Crippen LogP contribution in [0.25, 0.3) is 0 Å². The molecule has 232 valence electrons. The quantitative estimate of drug-likeness (QED) is 0.320. The van der Waals surface area contributed by atoms with E-state index >= 15 is 0 Å². The Labute approximate surface area is 251 Å². The van der Waals surface area contributed by atoms with Crippen molar-refractivity contribution in [1.82, 2.24) is 9.80 Å². The Bertz CT molecular complexity index is 1550. The van der Waals surface area contributed by atoms with Crippen LogP contribution in [0.4, 0.5) is 29.3 Å². The lowest BCUT2D eigenvalue weighted by atomic mass is 9.99. The van der Waals surface area contributed by atoms with Crippen molar-refractivity contribution in [2.75, 3.05) is 36.8 Å². The smallest absolute Gasteiger partial charge is 0.416 e. The number of sulfonamides is 1. The second-order valence-corrected chi connectivity index (χ2v) is 13.1. The van der Waals surface area contributed by atoms with Crippen LogP contribution >= 0.6 is 11.3 Å². The number of halogens is 3. The van der Waals surface area contributed by atoms with E-state index in [1.165, 1.54) is 41.1 Å². The van der Waals surface area contributed by atoms with Gasteiger partial charge < -0.3 is 25.0 Å². The van der Waals surface area contributed by atoms with Crippen LogP contribution < -0.4 is 14.8 Å². The minimum atomic E-state index is -4.50. The number of amides is 3. The normalized spacial score (nSPS) is 18.1. The molecule has 4 rings (SSSR count). The van der Waals surface area contributed by atoms with Crippen molar-refractivity contribution in [3.8, 4) is 5.75 Å². The van der Waals surface area contributed by atoms with Crippen LogP contribution in [-0.4, -0.2) is 74.2 Å². The molecule has 0 fully saturated rings. The number of thiophene rings is 1. The topological polar surface area (TPSA) is 128 Å². The molecular weight excluding hydrogens is 609 g/mol. The number of alkyl halides is 3. The Morgan fingerprint density at radius 2 is 1.86 bits per heavy atom. The molecule has 0 aliphatic carbocycles. The summed E-state index contributed by atoms with van der Waals surface area (Å²) in [6.45, 7) is 3.37. The molecule has 2 aromatic carbocycles. The lowest BCUT2D eigenvalue weighted by molar-refractivity contribution is -0.137. The molecule has 0 saturated carbocycles. The van der Waals surface area contributed by atoms with Crippen LogP contribution in [0, 0.1) is 5.92 Å². The zero-order chi connectivity index (χ0) is 31.5. The Morgan fingerprint density at radius 1 is 1.19 bits per heavy atom. The summed E-state index contributed by atoms with van der Waals surface area (Å²) in [5, 5.41) is 14.0. The molecular formula is C28H31F3N4O6S2. The van der Waals surface area contributed by atoms with Gasteiger partial charge >= 0.3 is 12.2 Å². The molecule has 3 amide bonds. The molecule has 0 unspecified atom stereocenters. The number of aliphatic hydroxyl groups is 1. The van der Waals surface area contributed by atoms with Crippen LogP contribution in [-0.2, 0) is 16.2 Å². The summed E-state index contributed by atoms with van der Waals surface area (Å²) >= 11 is 1.04. The summed E-state index contributed by atoms with van der Waals surface area (Å²) < 4.78 is 73.0. The van der Waals surface area contributed by atoms with Gasteiger partial charge in [-0.3, -0.25) is 9.52 Å². The van der Waals surface area contributed by atoms with E-state index in [1.54, 1.807) is 18.4 Å². The maximum atomic E-state index is 13.6. The summed E-state index contributed by atoms with van der Waals surface area (Å²) in [5.41, 5.74) is -0.458. The highest BCUT2D eigenvalue weighted by Gasteiger charge is 2.35. The fourth-order valence-electron chi connectivity index (χ4n) is 4.44. The van der Waals surface area contributed by atoms with Crippen molar-refractivity contribution >= 4 is 44.7 Å². The van der Waals surface area contributed by atoms with Gasteiger partial charge in [0.25, 0.3) is 15.9 Å². The van der Waals surface area contributed by atoms with Gasteiger partial charge in [-0.15, -0.1) is 11.3 Å². The second-order valence-electron chi connectivity index (χ2n) is 10.3. The predicted octanol–water partition coefficient (Wildman–Crippen LogP) is 4.95. The summed E-state index contributed by atoms with van der Waals surface area (Å²) in [4.78, 5) is 29.3.